The molecule has 0 saturated carbocycles. The number of hydrogen-bond donors (Lipinski definition) is 0. The highest BCUT2D eigenvalue weighted by molar-refractivity contribution is 5.99. The van der Waals surface area contributed by atoms with E-state index in [0.29, 0.717) is 5.65 Å². The van der Waals surface area contributed by atoms with E-state index >= 15 is 0 Å². The van der Waals surface area contributed by atoms with Crippen molar-refractivity contribution < 1.29 is 9.53 Å². The molecule has 0 amide bonds. The van der Waals surface area contributed by atoms with E-state index in [-0.39, 0.29) is 0 Å². The Morgan fingerprint density at radius 1 is 1.09 bits per heavy atom. The molecule has 0 aliphatic carbocycles. The number of hydrogen-bond acceptors (Lipinski definition) is 3. The molecule has 4 nitrogen and oxygen atoms in total. The average Bonchev–Trinajstić information content (AvgIpc) is 2.86. The van der Waals surface area contributed by atoms with Crippen molar-refractivity contribution in [2.75, 3.05) is 0 Å². The van der Waals surface area contributed by atoms with Gasteiger partial charge < -0.3 is 4.74 Å². The highest BCUT2D eigenvalue weighted by Crippen LogP contribution is 2.32. The molecular formula is C19H20N2O2. The second-order valence-electron chi connectivity index (χ2n) is 6.58. The number of benzene rings is 1. The van der Waals surface area contributed by atoms with Crippen LogP contribution in [-0.4, -0.2) is 21.2 Å². The fourth-order valence-electron chi connectivity index (χ4n) is 2.60. The van der Waals surface area contributed by atoms with E-state index in [1.807, 2.05) is 51.2 Å². The standard InChI is InChI=1S/C19H20N2O2/c1-13-8-5-6-9-14(13)16-12-21(18(22)23-19(2,3)4)17-15(16)10-7-11-20-17/h5-12H,1-4H3. The lowest BCUT2D eigenvalue weighted by Crippen LogP contribution is -2.26. The summed E-state index contributed by atoms with van der Waals surface area (Å²) >= 11 is 0. The molecule has 4 heteroatoms. The van der Waals surface area contributed by atoms with E-state index in [0.717, 1.165) is 22.1 Å². The third-order valence-corrected chi connectivity index (χ3v) is 3.59. The minimum Gasteiger partial charge on any atom is -0.443 e. The zero-order chi connectivity index (χ0) is 16.6. The van der Waals surface area contributed by atoms with Crippen LogP contribution < -0.4 is 0 Å². The second-order valence-corrected chi connectivity index (χ2v) is 6.58. The van der Waals surface area contributed by atoms with Crippen LogP contribution in [0, 0.1) is 6.92 Å². The molecule has 0 fully saturated rings. The summed E-state index contributed by atoms with van der Waals surface area (Å²) in [7, 11) is 0. The molecule has 0 unspecified atom stereocenters. The van der Waals surface area contributed by atoms with Crippen LogP contribution in [-0.2, 0) is 4.74 Å². The first-order chi connectivity index (χ1) is 10.9. The molecule has 3 rings (SSSR count). The molecule has 118 valence electrons. The number of aryl methyl sites for hydroxylation is 1. The Morgan fingerprint density at radius 3 is 2.52 bits per heavy atom. The Morgan fingerprint density at radius 2 is 1.83 bits per heavy atom. The predicted octanol–water partition coefficient (Wildman–Crippen LogP) is 4.79. The van der Waals surface area contributed by atoms with Crippen molar-refractivity contribution in [3.05, 3.63) is 54.4 Å². The number of carbonyl (C=O) groups excluding carboxylic acids is 1. The Labute approximate surface area is 135 Å². The van der Waals surface area contributed by atoms with E-state index in [1.165, 1.54) is 4.57 Å². The van der Waals surface area contributed by atoms with Gasteiger partial charge in [-0.1, -0.05) is 24.3 Å². The van der Waals surface area contributed by atoms with E-state index in [4.69, 9.17) is 4.74 Å². The van der Waals surface area contributed by atoms with Crippen LogP contribution in [0.15, 0.2) is 48.8 Å². The van der Waals surface area contributed by atoms with E-state index in [9.17, 15) is 4.79 Å². The van der Waals surface area contributed by atoms with Crippen molar-refractivity contribution >= 4 is 17.1 Å². The Balaban J connectivity index is 2.19. The number of rotatable bonds is 1. The molecule has 0 radical (unpaired) electrons. The van der Waals surface area contributed by atoms with Gasteiger partial charge >= 0.3 is 6.09 Å². The lowest BCUT2D eigenvalue weighted by Gasteiger charge is -2.19. The van der Waals surface area contributed by atoms with E-state index in [2.05, 4.69) is 24.0 Å². The van der Waals surface area contributed by atoms with Crippen molar-refractivity contribution in [3.8, 4) is 11.1 Å². The van der Waals surface area contributed by atoms with Crippen LogP contribution in [0.1, 0.15) is 26.3 Å². The first-order valence-electron chi connectivity index (χ1n) is 7.62. The minimum atomic E-state index is -0.550. The van der Waals surface area contributed by atoms with Crippen molar-refractivity contribution in [1.29, 1.82) is 0 Å². The van der Waals surface area contributed by atoms with Gasteiger partial charge in [-0.15, -0.1) is 0 Å². The molecule has 2 aromatic heterocycles. The predicted molar refractivity (Wildman–Crippen MR) is 91.5 cm³/mol. The fourth-order valence-corrected chi connectivity index (χ4v) is 2.60. The second kappa shape index (κ2) is 5.54. The van der Waals surface area contributed by atoms with Gasteiger partial charge in [-0.3, -0.25) is 0 Å². The molecule has 1 aromatic carbocycles. The molecule has 0 aliphatic heterocycles. The number of ether oxygens (including phenoxy) is 1. The van der Waals surface area contributed by atoms with Crippen LogP contribution in [0.3, 0.4) is 0 Å². The maximum absolute atomic E-state index is 12.5. The quantitative estimate of drug-likeness (QED) is 0.649. The third kappa shape index (κ3) is 2.97. The molecule has 0 N–H and O–H groups in total. The number of nitrogens with zero attached hydrogens (tertiary/aromatic N) is 2. The van der Waals surface area contributed by atoms with Crippen LogP contribution in [0.2, 0.25) is 0 Å². The number of aromatic nitrogens is 2. The molecule has 0 saturated heterocycles. The van der Waals surface area contributed by atoms with Crippen LogP contribution in [0.4, 0.5) is 4.79 Å². The lowest BCUT2D eigenvalue weighted by molar-refractivity contribution is 0.0544. The zero-order valence-corrected chi connectivity index (χ0v) is 13.8. The molecule has 0 spiro atoms. The summed E-state index contributed by atoms with van der Waals surface area (Å²) < 4.78 is 6.98. The van der Waals surface area contributed by atoms with Gasteiger partial charge in [-0.25, -0.2) is 14.3 Å². The minimum absolute atomic E-state index is 0.416. The van der Waals surface area contributed by atoms with Gasteiger partial charge in [0, 0.05) is 23.3 Å². The maximum atomic E-state index is 12.5. The molecule has 0 aliphatic rings. The van der Waals surface area contributed by atoms with Gasteiger partial charge in [-0.2, -0.15) is 0 Å². The average molecular weight is 308 g/mol. The number of carbonyl (C=O) groups is 1. The lowest BCUT2D eigenvalue weighted by atomic mass is 10.0. The fraction of sp³-hybridized carbons (Fsp3) is 0.263. The van der Waals surface area contributed by atoms with Crippen LogP contribution in [0.25, 0.3) is 22.2 Å². The highest BCUT2D eigenvalue weighted by Gasteiger charge is 2.22. The SMILES string of the molecule is Cc1ccccc1-c1cn(C(=O)OC(C)(C)C)c2ncccc12. The van der Waals surface area contributed by atoms with Crippen molar-refractivity contribution in [2.45, 2.75) is 33.3 Å². The van der Waals surface area contributed by atoms with Crippen LogP contribution in [0.5, 0.6) is 0 Å². The van der Waals surface area contributed by atoms with E-state index < -0.39 is 11.7 Å². The maximum Gasteiger partial charge on any atom is 0.420 e. The summed E-state index contributed by atoms with van der Waals surface area (Å²) in [4.78, 5) is 16.9. The first-order valence-corrected chi connectivity index (χ1v) is 7.62. The first kappa shape index (κ1) is 15.3. The Hall–Kier alpha value is -2.62. The number of fused-ring (bicyclic) bond motifs is 1. The molecular weight excluding hydrogens is 288 g/mol. The Bertz CT molecular complexity index is 872. The molecule has 23 heavy (non-hydrogen) atoms. The molecule has 2 heterocycles. The van der Waals surface area contributed by atoms with E-state index in [1.54, 1.807) is 6.20 Å². The van der Waals surface area contributed by atoms with Gasteiger partial charge in [0.15, 0.2) is 0 Å². The highest BCUT2D eigenvalue weighted by atomic mass is 16.6. The summed E-state index contributed by atoms with van der Waals surface area (Å²) in [5.41, 5.74) is 3.29. The van der Waals surface area contributed by atoms with Gasteiger partial charge in [0.25, 0.3) is 0 Å². The molecule has 0 bridgehead atoms. The summed E-state index contributed by atoms with van der Waals surface area (Å²) in [6, 6.07) is 12.0. The van der Waals surface area contributed by atoms with Gasteiger partial charge in [0.05, 0.1) is 0 Å². The largest absolute Gasteiger partial charge is 0.443 e. The summed E-state index contributed by atoms with van der Waals surface area (Å²) in [5.74, 6) is 0. The third-order valence-electron chi connectivity index (χ3n) is 3.59. The number of pyridine rings is 1. The smallest absolute Gasteiger partial charge is 0.420 e. The van der Waals surface area contributed by atoms with Gasteiger partial charge in [0.2, 0.25) is 0 Å². The van der Waals surface area contributed by atoms with Gasteiger partial charge in [-0.05, 0) is 51.0 Å². The molecule has 0 atom stereocenters. The Kier molecular flexibility index (Phi) is 3.68. The molecule has 3 aromatic rings. The summed E-state index contributed by atoms with van der Waals surface area (Å²) in [6.45, 7) is 7.62. The van der Waals surface area contributed by atoms with Crippen molar-refractivity contribution in [1.82, 2.24) is 9.55 Å². The van der Waals surface area contributed by atoms with Crippen LogP contribution >= 0.6 is 0 Å². The summed E-state index contributed by atoms with van der Waals surface area (Å²) in [5, 5.41) is 0.938. The van der Waals surface area contributed by atoms with Crippen molar-refractivity contribution in [2.24, 2.45) is 0 Å². The zero-order valence-electron chi connectivity index (χ0n) is 13.8. The van der Waals surface area contributed by atoms with Crippen molar-refractivity contribution in [3.63, 3.8) is 0 Å². The van der Waals surface area contributed by atoms with Gasteiger partial charge in [0.1, 0.15) is 11.2 Å². The monoisotopic (exact) mass is 308 g/mol. The normalized spacial score (nSPS) is 11.7. The topological polar surface area (TPSA) is 44.1 Å². The summed E-state index contributed by atoms with van der Waals surface area (Å²) in [6.07, 6.45) is 3.08.